The van der Waals surface area contributed by atoms with Gasteiger partial charge < -0.3 is 15.5 Å². The number of hydrogen-bond donors (Lipinski definition) is 2. The summed E-state index contributed by atoms with van der Waals surface area (Å²) < 4.78 is 1.88. The Kier molecular flexibility index (Phi) is 6.22. The van der Waals surface area contributed by atoms with E-state index in [4.69, 9.17) is 0 Å². The summed E-state index contributed by atoms with van der Waals surface area (Å²) in [6, 6.07) is 8.65. The number of likely N-dealkylation sites (N-methyl/N-ethyl adjacent to an activating group) is 2. The molecule has 0 saturated carbocycles. The lowest BCUT2D eigenvalue weighted by Gasteiger charge is -2.20. The SMILES string of the molecule is CNC(=O)[C@@H]1C[C@@H](n2cc(-c3ccc(CN4CCCN(C)CC4)cc3)nn2)CN1. The molecular weight excluding hydrogens is 366 g/mol. The van der Waals surface area contributed by atoms with Crippen molar-refractivity contribution in [3.8, 4) is 11.3 Å². The quantitative estimate of drug-likeness (QED) is 0.775. The molecule has 156 valence electrons. The van der Waals surface area contributed by atoms with Crippen molar-refractivity contribution in [3.05, 3.63) is 36.0 Å². The summed E-state index contributed by atoms with van der Waals surface area (Å²) in [7, 11) is 3.87. The third-order valence-corrected chi connectivity index (χ3v) is 6.02. The van der Waals surface area contributed by atoms with E-state index < -0.39 is 0 Å². The van der Waals surface area contributed by atoms with Crippen molar-refractivity contribution in [2.24, 2.45) is 0 Å². The highest BCUT2D eigenvalue weighted by Crippen LogP contribution is 2.23. The fraction of sp³-hybridized carbons (Fsp3) is 0.571. The second-order valence-corrected chi connectivity index (χ2v) is 8.18. The fourth-order valence-electron chi connectivity index (χ4n) is 4.18. The van der Waals surface area contributed by atoms with Gasteiger partial charge in [0.15, 0.2) is 0 Å². The van der Waals surface area contributed by atoms with E-state index in [1.165, 1.54) is 18.5 Å². The van der Waals surface area contributed by atoms with Crippen LogP contribution in [0.5, 0.6) is 0 Å². The van der Waals surface area contributed by atoms with Crippen LogP contribution in [0, 0.1) is 0 Å². The van der Waals surface area contributed by atoms with E-state index in [0.29, 0.717) is 0 Å². The normalized spacial score (nSPS) is 23.8. The van der Waals surface area contributed by atoms with Crippen molar-refractivity contribution in [1.82, 2.24) is 35.4 Å². The van der Waals surface area contributed by atoms with Crippen molar-refractivity contribution < 1.29 is 4.79 Å². The minimum absolute atomic E-state index is 0.0273. The molecule has 2 atom stereocenters. The van der Waals surface area contributed by atoms with Gasteiger partial charge in [-0.25, -0.2) is 4.68 Å². The number of amides is 1. The number of hydrogen-bond acceptors (Lipinski definition) is 6. The van der Waals surface area contributed by atoms with Crippen LogP contribution in [0.25, 0.3) is 11.3 Å². The van der Waals surface area contributed by atoms with Gasteiger partial charge >= 0.3 is 0 Å². The Morgan fingerprint density at radius 2 is 2.03 bits per heavy atom. The summed E-state index contributed by atoms with van der Waals surface area (Å²) in [5, 5.41) is 14.6. The third kappa shape index (κ3) is 4.83. The maximum atomic E-state index is 11.8. The molecule has 2 aliphatic heterocycles. The number of nitrogens with zero attached hydrogens (tertiary/aromatic N) is 5. The van der Waals surface area contributed by atoms with Crippen molar-refractivity contribution in [1.29, 1.82) is 0 Å². The number of nitrogens with one attached hydrogen (secondary N) is 2. The molecule has 29 heavy (non-hydrogen) atoms. The van der Waals surface area contributed by atoms with Crippen LogP contribution in [0.15, 0.2) is 30.5 Å². The zero-order valence-electron chi connectivity index (χ0n) is 17.3. The van der Waals surface area contributed by atoms with Gasteiger partial charge in [0.05, 0.1) is 18.3 Å². The smallest absolute Gasteiger partial charge is 0.236 e. The van der Waals surface area contributed by atoms with Crippen LogP contribution in [0.3, 0.4) is 0 Å². The van der Waals surface area contributed by atoms with Gasteiger partial charge in [-0.2, -0.15) is 0 Å². The predicted octanol–water partition coefficient (Wildman–Crippen LogP) is 0.732. The lowest BCUT2D eigenvalue weighted by molar-refractivity contribution is -0.122. The third-order valence-electron chi connectivity index (χ3n) is 6.02. The van der Waals surface area contributed by atoms with Crippen LogP contribution in [-0.4, -0.2) is 83.6 Å². The molecule has 8 heteroatoms. The molecule has 2 aliphatic rings. The van der Waals surface area contributed by atoms with Crippen LogP contribution in [-0.2, 0) is 11.3 Å². The molecule has 2 aromatic rings. The first-order valence-corrected chi connectivity index (χ1v) is 10.5. The van der Waals surface area contributed by atoms with Crippen LogP contribution in [0.2, 0.25) is 0 Å². The van der Waals surface area contributed by atoms with Crippen molar-refractivity contribution in [3.63, 3.8) is 0 Å². The fourth-order valence-corrected chi connectivity index (χ4v) is 4.18. The number of carbonyl (C=O) groups excluding carboxylic acids is 1. The monoisotopic (exact) mass is 397 g/mol. The average molecular weight is 398 g/mol. The summed E-state index contributed by atoms with van der Waals surface area (Å²) in [5.41, 5.74) is 3.28. The van der Waals surface area contributed by atoms with Gasteiger partial charge in [-0.15, -0.1) is 5.10 Å². The van der Waals surface area contributed by atoms with E-state index in [9.17, 15) is 4.79 Å². The Balaban J connectivity index is 1.37. The maximum absolute atomic E-state index is 11.8. The molecule has 1 aromatic heterocycles. The van der Waals surface area contributed by atoms with Crippen LogP contribution >= 0.6 is 0 Å². The molecule has 2 saturated heterocycles. The van der Waals surface area contributed by atoms with Gasteiger partial charge in [0.1, 0.15) is 5.69 Å². The van der Waals surface area contributed by atoms with Crippen molar-refractivity contribution >= 4 is 5.91 Å². The minimum Gasteiger partial charge on any atom is -0.358 e. The summed E-state index contributed by atoms with van der Waals surface area (Å²) in [4.78, 5) is 16.7. The molecule has 1 aromatic carbocycles. The first kappa shape index (κ1) is 20.0. The molecule has 0 unspecified atom stereocenters. The molecule has 2 N–H and O–H groups in total. The molecule has 3 heterocycles. The molecule has 0 spiro atoms. The molecule has 0 bridgehead atoms. The first-order valence-electron chi connectivity index (χ1n) is 10.5. The van der Waals surface area contributed by atoms with Gasteiger partial charge in [0.25, 0.3) is 0 Å². The summed E-state index contributed by atoms with van der Waals surface area (Å²) in [6.45, 7) is 6.33. The van der Waals surface area contributed by atoms with E-state index in [0.717, 1.165) is 50.4 Å². The van der Waals surface area contributed by atoms with Gasteiger partial charge in [-0.1, -0.05) is 29.5 Å². The van der Waals surface area contributed by atoms with E-state index in [1.54, 1.807) is 7.05 Å². The van der Waals surface area contributed by atoms with E-state index >= 15 is 0 Å². The second-order valence-electron chi connectivity index (χ2n) is 8.18. The molecule has 1 amide bonds. The topological polar surface area (TPSA) is 78.3 Å². The van der Waals surface area contributed by atoms with Crippen LogP contribution in [0.1, 0.15) is 24.4 Å². The molecule has 0 radical (unpaired) electrons. The second kappa shape index (κ2) is 9.02. The largest absolute Gasteiger partial charge is 0.358 e. The van der Waals surface area contributed by atoms with Crippen molar-refractivity contribution in [2.75, 3.05) is 46.8 Å². The molecule has 8 nitrogen and oxygen atoms in total. The molecular formula is C21H31N7O. The Morgan fingerprint density at radius 3 is 2.83 bits per heavy atom. The van der Waals surface area contributed by atoms with Crippen LogP contribution < -0.4 is 10.6 Å². The lowest BCUT2D eigenvalue weighted by Crippen LogP contribution is -2.38. The van der Waals surface area contributed by atoms with Gasteiger partial charge in [-0.3, -0.25) is 9.69 Å². The molecule has 0 aliphatic carbocycles. The number of carbonyl (C=O) groups is 1. The highest BCUT2D eigenvalue weighted by molar-refractivity contribution is 5.81. The predicted molar refractivity (Wildman–Crippen MR) is 112 cm³/mol. The minimum atomic E-state index is -0.157. The zero-order valence-corrected chi connectivity index (χ0v) is 17.3. The van der Waals surface area contributed by atoms with E-state index in [2.05, 4.69) is 62.1 Å². The standard InChI is InChI=1S/C21H31N7O/c1-22-21(29)19-12-18(13-23-19)28-15-20(24-25-28)17-6-4-16(5-7-17)14-27-9-3-8-26(2)10-11-27/h4-7,15,18-19,23H,3,8-14H2,1-2H3,(H,22,29)/t18-,19+/m1/s1. The molecule has 4 rings (SSSR count). The number of rotatable bonds is 5. The lowest BCUT2D eigenvalue weighted by atomic mass is 10.1. The van der Waals surface area contributed by atoms with Gasteiger partial charge in [-0.05, 0) is 38.5 Å². The highest BCUT2D eigenvalue weighted by Gasteiger charge is 2.30. The summed E-state index contributed by atoms with van der Waals surface area (Å²) in [6.07, 6.45) is 3.94. The van der Waals surface area contributed by atoms with E-state index in [1.807, 2.05) is 10.9 Å². The Morgan fingerprint density at radius 1 is 1.21 bits per heavy atom. The molecule has 2 fully saturated rings. The summed E-state index contributed by atoms with van der Waals surface area (Å²) >= 11 is 0. The van der Waals surface area contributed by atoms with Gasteiger partial charge in [0.2, 0.25) is 5.91 Å². The van der Waals surface area contributed by atoms with Crippen LogP contribution in [0.4, 0.5) is 0 Å². The Hall–Kier alpha value is -2.29. The first-order chi connectivity index (χ1) is 14.1. The average Bonchev–Trinajstić information content (AvgIpc) is 3.37. The maximum Gasteiger partial charge on any atom is 0.236 e. The van der Waals surface area contributed by atoms with Gasteiger partial charge in [0, 0.05) is 38.8 Å². The summed E-state index contributed by atoms with van der Waals surface area (Å²) in [5.74, 6) is 0.0273. The zero-order chi connectivity index (χ0) is 20.2. The highest BCUT2D eigenvalue weighted by atomic mass is 16.2. The number of benzene rings is 1. The number of aromatic nitrogens is 3. The van der Waals surface area contributed by atoms with E-state index in [-0.39, 0.29) is 18.0 Å². The van der Waals surface area contributed by atoms with Crippen molar-refractivity contribution in [2.45, 2.75) is 31.5 Å². The Labute approximate surface area is 172 Å². The Bertz CT molecular complexity index is 819.